The summed E-state index contributed by atoms with van der Waals surface area (Å²) in [7, 11) is 0. The Bertz CT molecular complexity index is 538. The standard InChI is InChI=1S/C15H20N2O4/c1-2-17(10-5-3-4-6-10)15(21)16-13-8-7-11(18)9-12(13)14(19)20/h7-10,18H,2-6H2,1H3,(H,16,21)(H,19,20). The van der Waals surface area contributed by atoms with E-state index in [2.05, 4.69) is 5.32 Å². The zero-order valence-corrected chi connectivity index (χ0v) is 12.0. The van der Waals surface area contributed by atoms with Crippen molar-refractivity contribution in [1.82, 2.24) is 4.90 Å². The molecule has 0 unspecified atom stereocenters. The summed E-state index contributed by atoms with van der Waals surface area (Å²) in [5, 5.41) is 21.1. The smallest absolute Gasteiger partial charge is 0.337 e. The number of carboxylic acids is 1. The summed E-state index contributed by atoms with van der Waals surface area (Å²) in [6, 6.07) is 3.81. The van der Waals surface area contributed by atoms with E-state index in [0.717, 1.165) is 31.7 Å². The molecule has 0 saturated heterocycles. The second-order valence-electron chi connectivity index (χ2n) is 5.19. The lowest BCUT2D eigenvalue weighted by molar-refractivity contribution is 0.0697. The van der Waals surface area contributed by atoms with Crippen molar-refractivity contribution in [2.45, 2.75) is 38.6 Å². The lowest BCUT2D eigenvalue weighted by Gasteiger charge is -2.28. The number of carbonyl (C=O) groups excluding carboxylic acids is 1. The number of nitrogens with one attached hydrogen (secondary N) is 1. The number of hydrogen-bond acceptors (Lipinski definition) is 3. The van der Waals surface area contributed by atoms with Crippen molar-refractivity contribution in [3.63, 3.8) is 0 Å². The van der Waals surface area contributed by atoms with Gasteiger partial charge in [-0.2, -0.15) is 0 Å². The predicted octanol–water partition coefficient (Wildman–Crippen LogP) is 2.89. The Kier molecular flexibility index (Phi) is 4.67. The second kappa shape index (κ2) is 6.47. The molecule has 0 aliphatic heterocycles. The largest absolute Gasteiger partial charge is 0.508 e. The van der Waals surface area contributed by atoms with Crippen LogP contribution in [-0.4, -0.2) is 39.7 Å². The van der Waals surface area contributed by atoms with E-state index in [-0.39, 0.29) is 29.1 Å². The van der Waals surface area contributed by atoms with Crippen LogP contribution in [0.4, 0.5) is 10.5 Å². The number of anilines is 1. The SMILES string of the molecule is CCN(C(=O)Nc1ccc(O)cc1C(=O)O)C1CCCC1. The van der Waals surface area contributed by atoms with Gasteiger partial charge >= 0.3 is 12.0 Å². The van der Waals surface area contributed by atoms with Crippen LogP contribution in [0, 0.1) is 0 Å². The summed E-state index contributed by atoms with van der Waals surface area (Å²) in [5.74, 6) is -1.33. The molecule has 1 aromatic carbocycles. The van der Waals surface area contributed by atoms with Gasteiger partial charge in [-0.3, -0.25) is 0 Å². The van der Waals surface area contributed by atoms with Crippen molar-refractivity contribution < 1.29 is 19.8 Å². The van der Waals surface area contributed by atoms with Crippen LogP contribution in [-0.2, 0) is 0 Å². The topological polar surface area (TPSA) is 89.9 Å². The third kappa shape index (κ3) is 3.45. The fourth-order valence-electron chi connectivity index (χ4n) is 2.79. The van der Waals surface area contributed by atoms with Crippen LogP contribution in [0.3, 0.4) is 0 Å². The van der Waals surface area contributed by atoms with Crippen molar-refractivity contribution in [3.05, 3.63) is 23.8 Å². The third-order valence-corrected chi connectivity index (χ3v) is 3.84. The maximum Gasteiger partial charge on any atom is 0.337 e. The number of phenolic OH excluding ortho intramolecular Hbond substituents is 1. The number of urea groups is 1. The molecule has 0 heterocycles. The van der Waals surface area contributed by atoms with Crippen LogP contribution in [0.1, 0.15) is 43.0 Å². The molecule has 2 amide bonds. The van der Waals surface area contributed by atoms with E-state index < -0.39 is 5.97 Å². The fourth-order valence-corrected chi connectivity index (χ4v) is 2.79. The maximum absolute atomic E-state index is 12.3. The normalized spacial score (nSPS) is 14.9. The van der Waals surface area contributed by atoms with Crippen LogP contribution >= 0.6 is 0 Å². The van der Waals surface area contributed by atoms with E-state index in [1.807, 2.05) is 6.92 Å². The number of carbonyl (C=O) groups is 2. The average Bonchev–Trinajstić information content (AvgIpc) is 2.95. The number of aromatic hydroxyl groups is 1. The minimum atomic E-state index is -1.19. The lowest BCUT2D eigenvalue weighted by atomic mass is 10.1. The van der Waals surface area contributed by atoms with Crippen LogP contribution in [0.25, 0.3) is 0 Å². The highest BCUT2D eigenvalue weighted by Gasteiger charge is 2.26. The van der Waals surface area contributed by atoms with Gasteiger partial charge in [-0.25, -0.2) is 9.59 Å². The first-order chi connectivity index (χ1) is 10.0. The van der Waals surface area contributed by atoms with Gasteiger partial charge in [-0.15, -0.1) is 0 Å². The number of benzene rings is 1. The minimum Gasteiger partial charge on any atom is -0.508 e. The number of nitrogens with zero attached hydrogens (tertiary/aromatic N) is 1. The Hall–Kier alpha value is -2.24. The molecule has 6 heteroatoms. The molecule has 1 aliphatic rings. The summed E-state index contributed by atoms with van der Waals surface area (Å²) >= 11 is 0. The van der Waals surface area contributed by atoms with Crippen LogP contribution in [0.5, 0.6) is 5.75 Å². The Morgan fingerprint density at radius 3 is 2.57 bits per heavy atom. The molecular formula is C15H20N2O4. The zero-order valence-electron chi connectivity index (χ0n) is 12.0. The highest BCUT2D eigenvalue weighted by molar-refractivity contribution is 6.00. The minimum absolute atomic E-state index is 0.120. The monoisotopic (exact) mass is 292 g/mol. The average molecular weight is 292 g/mol. The first-order valence-corrected chi connectivity index (χ1v) is 7.17. The van der Waals surface area contributed by atoms with Crippen molar-refractivity contribution >= 4 is 17.7 Å². The molecule has 21 heavy (non-hydrogen) atoms. The molecular weight excluding hydrogens is 272 g/mol. The third-order valence-electron chi connectivity index (χ3n) is 3.84. The summed E-state index contributed by atoms with van der Waals surface area (Å²) in [5.41, 5.74) is 0.0765. The Labute approximate surface area is 123 Å². The predicted molar refractivity (Wildman–Crippen MR) is 78.7 cm³/mol. The van der Waals surface area contributed by atoms with E-state index >= 15 is 0 Å². The number of amides is 2. The van der Waals surface area contributed by atoms with Gasteiger partial charge in [0.1, 0.15) is 5.75 Å². The molecule has 1 aliphatic carbocycles. The van der Waals surface area contributed by atoms with Crippen molar-refractivity contribution in [2.24, 2.45) is 0 Å². The van der Waals surface area contributed by atoms with E-state index in [0.29, 0.717) is 6.54 Å². The van der Waals surface area contributed by atoms with Crippen LogP contribution in [0.2, 0.25) is 0 Å². The lowest BCUT2D eigenvalue weighted by Crippen LogP contribution is -2.41. The van der Waals surface area contributed by atoms with E-state index in [4.69, 9.17) is 5.11 Å². The molecule has 3 N–H and O–H groups in total. The fraction of sp³-hybridized carbons (Fsp3) is 0.467. The summed E-state index contributed by atoms with van der Waals surface area (Å²) in [6.45, 7) is 2.49. The number of carboxylic acid groups (broad SMARTS) is 1. The van der Waals surface area contributed by atoms with Crippen molar-refractivity contribution in [3.8, 4) is 5.75 Å². The molecule has 114 valence electrons. The molecule has 0 radical (unpaired) electrons. The molecule has 2 rings (SSSR count). The summed E-state index contributed by atoms with van der Waals surface area (Å²) in [4.78, 5) is 25.3. The van der Waals surface area contributed by atoms with E-state index in [1.165, 1.54) is 12.1 Å². The number of aromatic carboxylic acids is 1. The van der Waals surface area contributed by atoms with Gasteiger partial charge in [0, 0.05) is 12.6 Å². The molecule has 0 atom stereocenters. The molecule has 0 bridgehead atoms. The number of hydrogen-bond donors (Lipinski definition) is 3. The zero-order chi connectivity index (χ0) is 15.4. The molecule has 0 aromatic heterocycles. The highest BCUT2D eigenvalue weighted by Crippen LogP contribution is 2.25. The molecule has 6 nitrogen and oxygen atoms in total. The first kappa shape index (κ1) is 15.2. The summed E-state index contributed by atoms with van der Waals surface area (Å²) < 4.78 is 0. The van der Waals surface area contributed by atoms with Gasteiger partial charge in [0.25, 0.3) is 0 Å². The van der Waals surface area contributed by atoms with E-state index in [9.17, 15) is 14.7 Å². The second-order valence-corrected chi connectivity index (χ2v) is 5.19. The first-order valence-electron chi connectivity index (χ1n) is 7.17. The molecule has 1 aromatic rings. The maximum atomic E-state index is 12.3. The quantitative estimate of drug-likeness (QED) is 0.744. The van der Waals surface area contributed by atoms with Gasteiger partial charge in [0.15, 0.2) is 0 Å². The van der Waals surface area contributed by atoms with Gasteiger partial charge in [-0.05, 0) is 38.0 Å². The molecule has 0 spiro atoms. The summed E-state index contributed by atoms with van der Waals surface area (Å²) in [6.07, 6.45) is 4.22. The Balaban J connectivity index is 2.16. The number of phenols is 1. The van der Waals surface area contributed by atoms with Gasteiger partial charge in [0.2, 0.25) is 0 Å². The Morgan fingerprint density at radius 2 is 2.00 bits per heavy atom. The van der Waals surface area contributed by atoms with Gasteiger partial charge in [-0.1, -0.05) is 12.8 Å². The van der Waals surface area contributed by atoms with E-state index in [1.54, 1.807) is 4.90 Å². The molecule has 1 saturated carbocycles. The van der Waals surface area contributed by atoms with Crippen molar-refractivity contribution in [1.29, 1.82) is 0 Å². The van der Waals surface area contributed by atoms with Crippen LogP contribution < -0.4 is 5.32 Å². The molecule has 1 fully saturated rings. The van der Waals surface area contributed by atoms with Crippen LogP contribution in [0.15, 0.2) is 18.2 Å². The van der Waals surface area contributed by atoms with Gasteiger partial charge < -0.3 is 20.4 Å². The van der Waals surface area contributed by atoms with Gasteiger partial charge in [0.05, 0.1) is 11.3 Å². The Morgan fingerprint density at radius 1 is 1.33 bits per heavy atom. The number of rotatable bonds is 4. The van der Waals surface area contributed by atoms with Crippen molar-refractivity contribution in [2.75, 3.05) is 11.9 Å². The highest BCUT2D eigenvalue weighted by atomic mass is 16.4.